The smallest absolute Gasteiger partial charge is 0.326 e. The number of benzene rings is 1. The molecule has 1 aromatic carbocycles. The highest BCUT2D eigenvalue weighted by molar-refractivity contribution is 6.33. The zero-order valence-corrected chi connectivity index (χ0v) is 20.8. The van der Waals surface area contributed by atoms with Crippen LogP contribution in [0.3, 0.4) is 0 Å². The molecule has 2 aromatic heterocycles. The Balaban J connectivity index is 1.40. The van der Waals surface area contributed by atoms with Crippen LogP contribution >= 0.6 is 11.6 Å². The quantitative estimate of drug-likeness (QED) is 0.478. The molecule has 11 heteroatoms. The van der Waals surface area contributed by atoms with Crippen molar-refractivity contribution in [2.45, 2.75) is 44.4 Å². The Labute approximate surface area is 212 Å². The van der Waals surface area contributed by atoms with Crippen LogP contribution in [0.5, 0.6) is 0 Å². The maximum atomic E-state index is 13.5. The fraction of sp³-hybridized carbons (Fsp3) is 0.440. The first-order valence-electron chi connectivity index (χ1n) is 11.9. The molecule has 2 amide bonds. The van der Waals surface area contributed by atoms with Crippen molar-refractivity contribution in [1.82, 2.24) is 19.8 Å². The van der Waals surface area contributed by atoms with E-state index in [0.717, 1.165) is 21.8 Å². The Morgan fingerprint density at radius 2 is 2.08 bits per heavy atom. The number of amides is 2. The molecule has 2 aliphatic heterocycles. The molecule has 2 fully saturated rings. The standard InChI is InChI=1S/C25H28ClN5O5/c1-25(2)13-30(11-21(32)31-7-3-4-19(31)24(34)35)20(12-36-25)23(33)29-17-9-14(26)8-16-15-5-6-27-10-18(15)28-22(16)17/h5-6,8-10,19-20,28H,3-4,7,11-13H2,1-2H3,(H,29,33)(H,34,35)/t19-,20+/m1/s1. The van der Waals surface area contributed by atoms with Crippen molar-refractivity contribution < 1.29 is 24.2 Å². The zero-order valence-electron chi connectivity index (χ0n) is 20.1. The Hall–Kier alpha value is -3.21. The maximum absolute atomic E-state index is 13.5. The Morgan fingerprint density at radius 3 is 2.86 bits per heavy atom. The number of carboxylic acid groups (broad SMARTS) is 1. The number of morpholine rings is 1. The summed E-state index contributed by atoms with van der Waals surface area (Å²) < 4.78 is 5.93. The van der Waals surface area contributed by atoms with E-state index in [0.29, 0.717) is 36.6 Å². The summed E-state index contributed by atoms with van der Waals surface area (Å²) in [6.45, 7) is 4.55. The summed E-state index contributed by atoms with van der Waals surface area (Å²) in [7, 11) is 0. The third kappa shape index (κ3) is 4.63. The number of halogens is 1. The average molecular weight is 514 g/mol. The van der Waals surface area contributed by atoms with E-state index >= 15 is 0 Å². The summed E-state index contributed by atoms with van der Waals surface area (Å²) in [6.07, 6.45) is 4.48. The van der Waals surface area contributed by atoms with Gasteiger partial charge in [0.15, 0.2) is 0 Å². The van der Waals surface area contributed by atoms with E-state index in [1.807, 2.05) is 26.0 Å². The summed E-state index contributed by atoms with van der Waals surface area (Å²) in [6, 6.07) is 3.82. The lowest BCUT2D eigenvalue weighted by molar-refractivity contribution is -0.155. The fourth-order valence-corrected chi connectivity index (χ4v) is 5.40. The van der Waals surface area contributed by atoms with E-state index in [-0.39, 0.29) is 25.0 Å². The van der Waals surface area contributed by atoms with Gasteiger partial charge in [-0.25, -0.2) is 4.79 Å². The number of carboxylic acids is 1. The molecule has 2 aliphatic rings. The number of aromatic amines is 1. The minimum Gasteiger partial charge on any atom is -0.480 e. The number of nitrogens with one attached hydrogen (secondary N) is 2. The van der Waals surface area contributed by atoms with Gasteiger partial charge in [-0.2, -0.15) is 0 Å². The lowest BCUT2D eigenvalue weighted by Crippen LogP contribution is -2.60. The molecule has 0 radical (unpaired) electrons. The molecule has 3 aromatic rings. The molecule has 4 heterocycles. The highest BCUT2D eigenvalue weighted by Crippen LogP contribution is 2.33. The molecular weight excluding hydrogens is 486 g/mol. The number of likely N-dealkylation sites (tertiary alicyclic amines) is 1. The number of aliphatic carboxylic acids is 1. The number of pyridine rings is 1. The van der Waals surface area contributed by atoms with Crippen molar-refractivity contribution in [3.05, 3.63) is 35.6 Å². The molecule has 0 spiro atoms. The van der Waals surface area contributed by atoms with E-state index in [2.05, 4.69) is 15.3 Å². The van der Waals surface area contributed by atoms with Crippen molar-refractivity contribution in [1.29, 1.82) is 0 Å². The highest BCUT2D eigenvalue weighted by Gasteiger charge is 2.41. The van der Waals surface area contributed by atoms with Gasteiger partial charge in [0, 0.05) is 35.1 Å². The average Bonchev–Trinajstić information content (AvgIpc) is 3.44. The minimum absolute atomic E-state index is 0.0718. The van der Waals surface area contributed by atoms with Crippen LogP contribution in [0.25, 0.3) is 21.8 Å². The summed E-state index contributed by atoms with van der Waals surface area (Å²) in [4.78, 5) is 48.8. The number of hydrogen-bond acceptors (Lipinski definition) is 6. The van der Waals surface area contributed by atoms with Crippen LogP contribution in [0.2, 0.25) is 5.02 Å². The monoisotopic (exact) mass is 513 g/mol. The van der Waals surface area contributed by atoms with Gasteiger partial charge in [0.2, 0.25) is 11.8 Å². The highest BCUT2D eigenvalue weighted by atomic mass is 35.5. The Morgan fingerprint density at radius 1 is 1.28 bits per heavy atom. The van der Waals surface area contributed by atoms with Crippen molar-refractivity contribution in [3.63, 3.8) is 0 Å². The summed E-state index contributed by atoms with van der Waals surface area (Å²) in [5.74, 6) is -1.64. The van der Waals surface area contributed by atoms with Crippen molar-refractivity contribution >= 4 is 56.9 Å². The molecule has 3 N–H and O–H groups in total. The van der Waals surface area contributed by atoms with Gasteiger partial charge in [0.1, 0.15) is 12.1 Å². The van der Waals surface area contributed by atoms with Crippen LogP contribution in [0.1, 0.15) is 26.7 Å². The van der Waals surface area contributed by atoms with Crippen LogP contribution in [0, 0.1) is 0 Å². The minimum atomic E-state index is -1.00. The Bertz CT molecular complexity index is 1360. The first-order valence-corrected chi connectivity index (χ1v) is 12.3. The second kappa shape index (κ2) is 9.34. The van der Waals surface area contributed by atoms with Crippen molar-refractivity contribution in [3.8, 4) is 0 Å². The van der Waals surface area contributed by atoms with Crippen LogP contribution in [-0.2, 0) is 19.1 Å². The molecule has 0 aliphatic carbocycles. The van der Waals surface area contributed by atoms with Gasteiger partial charge in [-0.1, -0.05) is 11.6 Å². The summed E-state index contributed by atoms with van der Waals surface area (Å²) in [5, 5.41) is 14.7. The number of carbonyl (C=O) groups excluding carboxylic acids is 2. The number of nitrogens with zero attached hydrogens (tertiary/aromatic N) is 3. The third-order valence-electron chi connectivity index (χ3n) is 6.89. The second-order valence-corrected chi connectivity index (χ2v) is 10.4. The van der Waals surface area contributed by atoms with Gasteiger partial charge >= 0.3 is 5.97 Å². The number of carbonyl (C=O) groups is 3. The van der Waals surface area contributed by atoms with E-state index in [4.69, 9.17) is 16.3 Å². The third-order valence-corrected chi connectivity index (χ3v) is 7.11. The number of anilines is 1. The van der Waals surface area contributed by atoms with Crippen LogP contribution < -0.4 is 5.32 Å². The molecule has 190 valence electrons. The van der Waals surface area contributed by atoms with Gasteiger partial charge in [-0.3, -0.25) is 19.5 Å². The molecular formula is C25H28ClN5O5. The van der Waals surface area contributed by atoms with Crippen LogP contribution in [-0.4, -0.2) is 86.6 Å². The number of rotatable bonds is 5. The predicted molar refractivity (Wildman–Crippen MR) is 135 cm³/mol. The number of H-pyrrole nitrogens is 1. The van der Waals surface area contributed by atoms with Gasteiger partial charge < -0.3 is 25.0 Å². The molecule has 10 nitrogen and oxygen atoms in total. The fourth-order valence-electron chi connectivity index (χ4n) is 5.18. The lowest BCUT2D eigenvalue weighted by atomic mass is 10.0. The second-order valence-electron chi connectivity index (χ2n) is 9.99. The molecule has 0 saturated carbocycles. The molecule has 2 atom stereocenters. The van der Waals surface area contributed by atoms with Gasteiger partial charge in [0.05, 0.1) is 41.7 Å². The van der Waals surface area contributed by atoms with E-state index in [9.17, 15) is 19.5 Å². The first kappa shape index (κ1) is 24.5. The number of ether oxygens (including phenoxy) is 1. The lowest BCUT2D eigenvalue weighted by Gasteiger charge is -2.43. The summed E-state index contributed by atoms with van der Waals surface area (Å²) in [5.41, 5.74) is 1.48. The topological polar surface area (TPSA) is 128 Å². The molecule has 0 bridgehead atoms. The first-order chi connectivity index (χ1) is 17.1. The van der Waals surface area contributed by atoms with Crippen molar-refractivity contribution in [2.75, 3.05) is 31.6 Å². The Kier molecular flexibility index (Phi) is 6.36. The predicted octanol–water partition coefficient (Wildman–Crippen LogP) is 2.86. The van der Waals surface area contributed by atoms with Crippen molar-refractivity contribution in [2.24, 2.45) is 0 Å². The molecule has 36 heavy (non-hydrogen) atoms. The molecule has 0 unspecified atom stereocenters. The van der Waals surface area contributed by atoms with E-state index < -0.39 is 23.7 Å². The largest absolute Gasteiger partial charge is 0.480 e. The SMILES string of the molecule is CC1(C)CN(CC(=O)N2CCC[C@@H]2C(=O)O)[C@H](C(=O)Nc2cc(Cl)cc3c2[nH]c2cnccc23)CO1. The van der Waals surface area contributed by atoms with Crippen LogP contribution in [0.4, 0.5) is 5.69 Å². The molecule has 2 saturated heterocycles. The maximum Gasteiger partial charge on any atom is 0.326 e. The van der Waals surface area contributed by atoms with Crippen LogP contribution in [0.15, 0.2) is 30.6 Å². The normalized spacial score (nSPS) is 22.2. The van der Waals surface area contributed by atoms with E-state index in [1.54, 1.807) is 23.4 Å². The number of hydrogen-bond donors (Lipinski definition) is 3. The van der Waals surface area contributed by atoms with Gasteiger partial charge in [0.25, 0.3) is 0 Å². The summed E-state index contributed by atoms with van der Waals surface area (Å²) >= 11 is 6.38. The zero-order chi connectivity index (χ0) is 25.6. The van der Waals surface area contributed by atoms with E-state index in [1.165, 1.54) is 4.90 Å². The van der Waals surface area contributed by atoms with Gasteiger partial charge in [-0.15, -0.1) is 0 Å². The number of fused-ring (bicyclic) bond motifs is 3. The molecule has 5 rings (SSSR count). The number of aromatic nitrogens is 2. The van der Waals surface area contributed by atoms with Gasteiger partial charge in [-0.05, 0) is 44.9 Å².